The van der Waals surface area contributed by atoms with Crippen LogP contribution in [0.3, 0.4) is 0 Å². The summed E-state index contributed by atoms with van der Waals surface area (Å²) in [6.45, 7) is 1.79. The average Bonchev–Trinajstić information content (AvgIpc) is 2.70. The number of carbonyl (C=O) groups excluding carboxylic acids is 1. The van der Waals surface area contributed by atoms with Crippen LogP contribution >= 0.6 is 0 Å². The molecule has 0 aliphatic heterocycles. The first kappa shape index (κ1) is 18.0. The van der Waals surface area contributed by atoms with Crippen molar-refractivity contribution in [2.45, 2.75) is 19.4 Å². The number of nitrogens with zero attached hydrogens (tertiary/aromatic N) is 4. The minimum atomic E-state index is -0.805. The molecule has 0 aliphatic carbocycles. The maximum absolute atomic E-state index is 12.6. The summed E-state index contributed by atoms with van der Waals surface area (Å²) in [4.78, 5) is 29.1. The van der Waals surface area contributed by atoms with E-state index >= 15 is 0 Å². The quantitative estimate of drug-likeness (QED) is 0.755. The molecule has 3 aromatic rings. The molecule has 2 aromatic carbocycles. The Balaban J connectivity index is 1.85. The molecule has 1 atom stereocenters. The van der Waals surface area contributed by atoms with Gasteiger partial charge in [0.15, 0.2) is 0 Å². The van der Waals surface area contributed by atoms with Gasteiger partial charge < -0.3 is 5.32 Å². The molecule has 134 valence electrons. The third kappa shape index (κ3) is 4.07. The summed E-state index contributed by atoms with van der Waals surface area (Å²) in [6, 6.07) is 17.0. The third-order valence-corrected chi connectivity index (χ3v) is 4.03. The zero-order valence-corrected chi connectivity index (χ0v) is 14.7. The highest BCUT2D eigenvalue weighted by molar-refractivity contribution is 5.93. The Bertz CT molecular complexity index is 1050. The minimum absolute atomic E-state index is 0.364. The standard InChI is InChI=1S/C20H17N5O2/c1-2-18(19(26)23-16-10-6-7-14(11-16)12-21)25-20(27)24-17(13-22-25)15-8-4-3-5-9-15/h3-11,13,18H,2H2,1H3,(H,23,26)/t18-/m0/s1. The summed E-state index contributed by atoms with van der Waals surface area (Å²) < 4.78 is 1.08. The van der Waals surface area contributed by atoms with E-state index in [4.69, 9.17) is 5.26 Å². The van der Waals surface area contributed by atoms with Gasteiger partial charge in [-0.05, 0) is 24.6 Å². The van der Waals surface area contributed by atoms with Crippen molar-refractivity contribution < 1.29 is 4.79 Å². The molecule has 0 unspecified atom stereocenters. The molecule has 1 N–H and O–H groups in total. The summed E-state index contributed by atoms with van der Waals surface area (Å²) in [5.74, 6) is -0.392. The van der Waals surface area contributed by atoms with Gasteiger partial charge in [-0.2, -0.15) is 15.3 Å². The fraction of sp³-hybridized carbons (Fsp3) is 0.150. The van der Waals surface area contributed by atoms with Crippen LogP contribution in [0.15, 0.2) is 65.6 Å². The Morgan fingerprint density at radius 2 is 2.00 bits per heavy atom. The molecule has 1 aromatic heterocycles. The molecular formula is C20H17N5O2. The second-order valence-corrected chi connectivity index (χ2v) is 5.84. The number of benzene rings is 2. The van der Waals surface area contributed by atoms with E-state index in [-0.39, 0.29) is 0 Å². The predicted octanol–water partition coefficient (Wildman–Crippen LogP) is 2.77. The van der Waals surface area contributed by atoms with Crippen molar-refractivity contribution >= 4 is 11.6 Å². The zero-order chi connectivity index (χ0) is 19.2. The molecule has 1 amide bonds. The first-order valence-electron chi connectivity index (χ1n) is 8.44. The van der Waals surface area contributed by atoms with E-state index in [0.717, 1.165) is 10.2 Å². The van der Waals surface area contributed by atoms with Gasteiger partial charge in [-0.25, -0.2) is 9.48 Å². The Labute approximate surface area is 155 Å². The van der Waals surface area contributed by atoms with E-state index in [1.165, 1.54) is 6.20 Å². The smallest absolute Gasteiger partial charge is 0.324 e. The predicted molar refractivity (Wildman–Crippen MR) is 101 cm³/mol. The Morgan fingerprint density at radius 1 is 1.22 bits per heavy atom. The molecule has 1 heterocycles. The lowest BCUT2D eigenvalue weighted by molar-refractivity contribution is -0.119. The van der Waals surface area contributed by atoms with Crippen LogP contribution in [0.4, 0.5) is 5.69 Å². The molecule has 0 aliphatic rings. The van der Waals surface area contributed by atoms with Crippen molar-refractivity contribution in [1.82, 2.24) is 14.8 Å². The molecule has 0 spiro atoms. The van der Waals surface area contributed by atoms with E-state index < -0.39 is 17.6 Å². The third-order valence-electron chi connectivity index (χ3n) is 4.03. The fourth-order valence-electron chi connectivity index (χ4n) is 2.67. The maximum Gasteiger partial charge on any atom is 0.365 e. The van der Waals surface area contributed by atoms with Crippen LogP contribution in [0.2, 0.25) is 0 Å². The SMILES string of the molecule is CC[C@@H](C(=O)Nc1cccc(C#N)c1)n1ncc(-c2ccccc2)nc1=O. The summed E-state index contributed by atoms with van der Waals surface area (Å²) >= 11 is 0. The molecule has 27 heavy (non-hydrogen) atoms. The monoisotopic (exact) mass is 359 g/mol. The van der Waals surface area contributed by atoms with E-state index in [2.05, 4.69) is 15.4 Å². The van der Waals surface area contributed by atoms with Gasteiger partial charge in [0.1, 0.15) is 6.04 Å². The Hall–Kier alpha value is -3.79. The molecule has 3 rings (SSSR count). The van der Waals surface area contributed by atoms with Gasteiger partial charge in [0.2, 0.25) is 5.91 Å². The van der Waals surface area contributed by atoms with Crippen molar-refractivity contribution in [3.8, 4) is 17.3 Å². The van der Waals surface area contributed by atoms with Crippen LogP contribution in [0.25, 0.3) is 11.3 Å². The van der Waals surface area contributed by atoms with Crippen LogP contribution < -0.4 is 11.0 Å². The molecule has 0 saturated heterocycles. The minimum Gasteiger partial charge on any atom is -0.324 e. The lowest BCUT2D eigenvalue weighted by Crippen LogP contribution is -2.36. The number of aromatic nitrogens is 3. The van der Waals surface area contributed by atoms with Gasteiger partial charge in [0.05, 0.1) is 23.5 Å². The highest BCUT2D eigenvalue weighted by Crippen LogP contribution is 2.16. The van der Waals surface area contributed by atoms with Gasteiger partial charge in [-0.1, -0.05) is 43.3 Å². The van der Waals surface area contributed by atoms with Gasteiger partial charge in [-0.3, -0.25) is 4.79 Å². The van der Waals surface area contributed by atoms with Crippen molar-refractivity contribution in [2.75, 3.05) is 5.32 Å². The molecule has 7 nitrogen and oxygen atoms in total. The van der Waals surface area contributed by atoms with Crippen molar-refractivity contribution in [3.63, 3.8) is 0 Å². The molecule has 7 heteroatoms. The number of carbonyl (C=O) groups is 1. The first-order valence-corrected chi connectivity index (χ1v) is 8.44. The van der Waals surface area contributed by atoms with Crippen molar-refractivity contribution in [3.05, 3.63) is 76.8 Å². The fourth-order valence-corrected chi connectivity index (χ4v) is 2.67. The number of hydrogen-bond donors (Lipinski definition) is 1. The zero-order valence-electron chi connectivity index (χ0n) is 14.7. The van der Waals surface area contributed by atoms with E-state index in [1.807, 2.05) is 36.4 Å². The average molecular weight is 359 g/mol. The Morgan fingerprint density at radius 3 is 2.67 bits per heavy atom. The number of anilines is 1. The molecular weight excluding hydrogens is 342 g/mol. The molecule has 0 fully saturated rings. The lowest BCUT2D eigenvalue weighted by atomic mass is 10.1. The van der Waals surface area contributed by atoms with Crippen molar-refractivity contribution in [1.29, 1.82) is 5.26 Å². The van der Waals surface area contributed by atoms with Crippen LogP contribution in [0, 0.1) is 11.3 Å². The van der Waals surface area contributed by atoms with Gasteiger partial charge in [-0.15, -0.1) is 0 Å². The largest absolute Gasteiger partial charge is 0.365 e. The van der Waals surface area contributed by atoms with E-state index in [0.29, 0.717) is 23.4 Å². The number of nitrogens with one attached hydrogen (secondary N) is 1. The second-order valence-electron chi connectivity index (χ2n) is 5.84. The van der Waals surface area contributed by atoms with Crippen LogP contribution in [-0.4, -0.2) is 20.7 Å². The Kier molecular flexibility index (Phi) is 5.38. The first-order chi connectivity index (χ1) is 13.1. The number of amides is 1. The summed E-state index contributed by atoms with van der Waals surface area (Å²) in [5, 5.41) is 15.8. The highest BCUT2D eigenvalue weighted by atomic mass is 16.2. The van der Waals surface area contributed by atoms with Crippen molar-refractivity contribution in [2.24, 2.45) is 0 Å². The number of rotatable bonds is 5. The maximum atomic E-state index is 12.6. The van der Waals surface area contributed by atoms with Gasteiger partial charge >= 0.3 is 5.69 Å². The lowest BCUT2D eigenvalue weighted by Gasteiger charge is -2.16. The van der Waals surface area contributed by atoms with E-state index in [9.17, 15) is 9.59 Å². The number of hydrogen-bond acceptors (Lipinski definition) is 5. The van der Waals surface area contributed by atoms with Gasteiger partial charge in [0, 0.05) is 11.3 Å². The normalized spacial score (nSPS) is 11.4. The summed E-state index contributed by atoms with van der Waals surface area (Å²) in [5.41, 5.74) is 1.56. The van der Waals surface area contributed by atoms with Gasteiger partial charge in [0.25, 0.3) is 0 Å². The topological polar surface area (TPSA) is 101 Å². The molecule has 0 saturated carbocycles. The summed E-state index contributed by atoms with van der Waals surface area (Å²) in [7, 11) is 0. The second kappa shape index (κ2) is 8.06. The van der Waals surface area contributed by atoms with Crippen LogP contribution in [0.5, 0.6) is 0 Å². The summed E-state index contributed by atoms with van der Waals surface area (Å²) in [6.07, 6.45) is 1.84. The van der Waals surface area contributed by atoms with Crippen LogP contribution in [-0.2, 0) is 4.79 Å². The molecule has 0 radical (unpaired) electrons. The number of nitriles is 1. The molecule has 0 bridgehead atoms. The highest BCUT2D eigenvalue weighted by Gasteiger charge is 2.22. The van der Waals surface area contributed by atoms with Crippen LogP contribution in [0.1, 0.15) is 24.9 Å². The van der Waals surface area contributed by atoms with E-state index in [1.54, 1.807) is 31.2 Å².